The Hall–Kier alpha value is -3.50. The molecule has 0 unspecified atom stereocenters. The number of amides is 1. The summed E-state index contributed by atoms with van der Waals surface area (Å²) >= 11 is 2.92. The molecule has 1 fully saturated rings. The van der Waals surface area contributed by atoms with Gasteiger partial charge >= 0.3 is 0 Å². The third-order valence-electron chi connectivity index (χ3n) is 5.96. The maximum atomic E-state index is 11.6. The molecule has 3 aromatic heterocycles. The van der Waals surface area contributed by atoms with Crippen LogP contribution in [0.5, 0.6) is 11.5 Å². The number of carbonyl (C=O) groups is 1. The van der Waals surface area contributed by atoms with Gasteiger partial charge in [0.2, 0.25) is 11.0 Å². The quantitative estimate of drug-likeness (QED) is 0.316. The number of aryl methyl sites for hydroxylation is 1. The third kappa shape index (κ3) is 5.83. The normalized spacial score (nSPS) is 14.0. The molecule has 4 aromatic rings. The fraction of sp³-hybridized carbons (Fsp3) is 0.269. The van der Waals surface area contributed by atoms with Crippen LogP contribution < -0.4 is 10.1 Å². The van der Waals surface area contributed by atoms with E-state index in [0.29, 0.717) is 22.4 Å². The summed E-state index contributed by atoms with van der Waals surface area (Å²) in [7, 11) is 0. The molecular weight excluding hydrogens is 492 g/mol. The number of aromatic nitrogens is 4. The molecule has 1 aromatic carbocycles. The van der Waals surface area contributed by atoms with Gasteiger partial charge in [0, 0.05) is 65.7 Å². The molecule has 1 saturated heterocycles. The van der Waals surface area contributed by atoms with E-state index in [4.69, 9.17) is 9.72 Å². The molecule has 0 spiro atoms. The Kier molecular flexibility index (Phi) is 7.43. The van der Waals surface area contributed by atoms with Crippen molar-refractivity contribution in [2.45, 2.75) is 42.4 Å². The minimum absolute atomic E-state index is 0.123. The predicted octanol–water partition coefficient (Wildman–Crippen LogP) is 6.05. The van der Waals surface area contributed by atoms with Gasteiger partial charge in [-0.3, -0.25) is 9.78 Å². The second kappa shape index (κ2) is 11.0. The number of hydrogen-bond acceptors (Lipinski definition) is 9. The van der Waals surface area contributed by atoms with Gasteiger partial charge in [-0.25, -0.2) is 9.97 Å². The van der Waals surface area contributed by atoms with Crippen molar-refractivity contribution in [3.05, 3.63) is 72.4 Å². The Morgan fingerprint density at radius 2 is 1.89 bits per heavy atom. The molecule has 1 N–H and O–H groups in total. The van der Waals surface area contributed by atoms with Crippen LogP contribution in [0.3, 0.4) is 0 Å². The van der Waals surface area contributed by atoms with Crippen molar-refractivity contribution in [2.24, 2.45) is 0 Å². The molecular formula is C26H26N6O2S2. The summed E-state index contributed by atoms with van der Waals surface area (Å²) in [6.45, 7) is 5.01. The fourth-order valence-corrected chi connectivity index (χ4v) is 5.46. The summed E-state index contributed by atoms with van der Waals surface area (Å²) < 4.78 is 10.9. The zero-order valence-electron chi connectivity index (χ0n) is 20.0. The smallest absolute Gasteiger partial charge is 0.219 e. The standard InChI is InChI=1S/C26H26N6O2S2/c1-17-22(9-6-12-27-17)34-23-15-21(35-20-7-4-3-5-8-20)16-28-25(23)30-26-29-24(31-36-26)19-10-13-32(14-11-19)18(2)33/h3-9,12,15-16,19H,10-11,13-14H2,1-2H3,(H,28,29,30,31). The molecule has 0 atom stereocenters. The number of benzene rings is 1. The number of likely N-dealkylation sites (tertiary alicyclic amines) is 1. The van der Waals surface area contributed by atoms with Crippen molar-refractivity contribution in [1.82, 2.24) is 24.2 Å². The highest BCUT2D eigenvalue weighted by Crippen LogP contribution is 2.37. The second-order valence-electron chi connectivity index (χ2n) is 8.48. The van der Waals surface area contributed by atoms with E-state index < -0.39 is 0 Å². The van der Waals surface area contributed by atoms with E-state index in [-0.39, 0.29) is 11.8 Å². The molecule has 8 nitrogen and oxygen atoms in total. The summed E-state index contributed by atoms with van der Waals surface area (Å²) in [5, 5.41) is 3.96. The average Bonchev–Trinajstić information content (AvgIpc) is 3.36. The molecule has 1 aliphatic rings. The number of pyridine rings is 2. The van der Waals surface area contributed by atoms with Gasteiger partial charge in [-0.1, -0.05) is 30.0 Å². The van der Waals surface area contributed by atoms with Crippen LogP contribution in [0.15, 0.2) is 70.7 Å². The summed E-state index contributed by atoms with van der Waals surface area (Å²) in [6, 6.07) is 15.9. The van der Waals surface area contributed by atoms with Gasteiger partial charge in [0.05, 0.1) is 5.69 Å². The average molecular weight is 519 g/mol. The Labute approximate surface area is 218 Å². The van der Waals surface area contributed by atoms with Crippen LogP contribution >= 0.6 is 23.3 Å². The minimum atomic E-state index is 0.123. The molecule has 5 rings (SSSR count). The van der Waals surface area contributed by atoms with E-state index in [9.17, 15) is 4.79 Å². The number of anilines is 2. The van der Waals surface area contributed by atoms with E-state index in [1.807, 2.05) is 54.4 Å². The van der Waals surface area contributed by atoms with Crippen LogP contribution in [-0.2, 0) is 4.79 Å². The molecule has 1 aliphatic heterocycles. The van der Waals surface area contributed by atoms with Gasteiger partial charge in [-0.15, -0.1) is 0 Å². The molecule has 184 valence electrons. The predicted molar refractivity (Wildman–Crippen MR) is 141 cm³/mol. The first kappa shape index (κ1) is 24.2. The van der Waals surface area contributed by atoms with Crippen molar-refractivity contribution >= 4 is 40.2 Å². The lowest BCUT2D eigenvalue weighted by Crippen LogP contribution is -2.36. The zero-order valence-corrected chi connectivity index (χ0v) is 21.7. The minimum Gasteiger partial charge on any atom is -0.452 e. The van der Waals surface area contributed by atoms with Crippen LogP contribution in [0.2, 0.25) is 0 Å². The molecule has 4 heterocycles. The summed E-state index contributed by atoms with van der Waals surface area (Å²) in [6.07, 6.45) is 5.30. The Balaban J connectivity index is 1.36. The van der Waals surface area contributed by atoms with E-state index in [2.05, 4.69) is 31.8 Å². The third-order valence-corrected chi connectivity index (χ3v) is 7.57. The van der Waals surface area contributed by atoms with Crippen molar-refractivity contribution < 1.29 is 9.53 Å². The fourth-order valence-electron chi connectivity index (χ4n) is 3.98. The topological polar surface area (TPSA) is 93.1 Å². The highest BCUT2D eigenvalue weighted by atomic mass is 32.2. The molecule has 10 heteroatoms. The van der Waals surface area contributed by atoms with Crippen molar-refractivity contribution in [2.75, 3.05) is 18.4 Å². The number of hydrogen-bond donors (Lipinski definition) is 1. The second-order valence-corrected chi connectivity index (χ2v) is 10.4. The molecule has 0 saturated carbocycles. The Morgan fingerprint density at radius 3 is 2.64 bits per heavy atom. The van der Waals surface area contributed by atoms with Crippen molar-refractivity contribution in [1.29, 1.82) is 0 Å². The first-order valence-corrected chi connectivity index (χ1v) is 13.3. The molecule has 1 amide bonds. The Morgan fingerprint density at radius 1 is 1.08 bits per heavy atom. The van der Waals surface area contributed by atoms with Crippen LogP contribution in [0.4, 0.5) is 10.9 Å². The van der Waals surface area contributed by atoms with E-state index in [0.717, 1.165) is 47.2 Å². The largest absolute Gasteiger partial charge is 0.452 e. The van der Waals surface area contributed by atoms with Gasteiger partial charge in [0.25, 0.3) is 0 Å². The van der Waals surface area contributed by atoms with Crippen molar-refractivity contribution in [3.8, 4) is 11.5 Å². The number of carbonyl (C=O) groups excluding carboxylic acids is 1. The van der Waals surface area contributed by atoms with Gasteiger partial charge in [-0.2, -0.15) is 4.37 Å². The number of piperidine rings is 1. The number of nitrogens with one attached hydrogen (secondary N) is 1. The lowest BCUT2D eigenvalue weighted by Gasteiger charge is -2.29. The van der Waals surface area contributed by atoms with Crippen LogP contribution in [0.1, 0.15) is 37.2 Å². The van der Waals surface area contributed by atoms with E-state index in [1.54, 1.807) is 24.9 Å². The monoisotopic (exact) mass is 518 g/mol. The SMILES string of the molecule is CC(=O)N1CCC(c2nsc(Nc3ncc(Sc4ccccc4)cc3Oc3cccnc3C)n2)CC1. The lowest BCUT2D eigenvalue weighted by atomic mass is 9.96. The molecule has 0 aliphatic carbocycles. The van der Waals surface area contributed by atoms with Crippen LogP contribution in [0, 0.1) is 6.92 Å². The van der Waals surface area contributed by atoms with Gasteiger partial charge < -0.3 is 15.0 Å². The number of rotatable bonds is 7. The first-order valence-electron chi connectivity index (χ1n) is 11.7. The lowest BCUT2D eigenvalue weighted by molar-refractivity contribution is -0.129. The molecule has 0 radical (unpaired) electrons. The number of nitrogens with zero attached hydrogens (tertiary/aromatic N) is 5. The van der Waals surface area contributed by atoms with Gasteiger partial charge in [0.15, 0.2) is 11.6 Å². The van der Waals surface area contributed by atoms with Crippen LogP contribution in [0.25, 0.3) is 0 Å². The maximum absolute atomic E-state index is 11.6. The Bertz CT molecular complexity index is 1340. The molecule has 0 bridgehead atoms. The first-order chi connectivity index (χ1) is 17.5. The van der Waals surface area contributed by atoms with Crippen LogP contribution in [-0.4, -0.2) is 43.2 Å². The maximum Gasteiger partial charge on any atom is 0.219 e. The van der Waals surface area contributed by atoms with E-state index in [1.165, 1.54) is 11.5 Å². The highest BCUT2D eigenvalue weighted by Gasteiger charge is 2.25. The summed E-state index contributed by atoms with van der Waals surface area (Å²) in [5.41, 5.74) is 0.791. The molecule has 36 heavy (non-hydrogen) atoms. The highest BCUT2D eigenvalue weighted by molar-refractivity contribution is 7.99. The zero-order chi connectivity index (χ0) is 24.9. The van der Waals surface area contributed by atoms with Crippen molar-refractivity contribution in [3.63, 3.8) is 0 Å². The summed E-state index contributed by atoms with van der Waals surface area (Å²) in [4.78, 5) is 29.3. The van der Waals surface area contributed by atoms with Gasteiger partial charge in [-0.05, 0) is 44.0 Å². The van der Waals surface area contributed by atoms with Gasteiger partial charge in [0.1, 0.15) is 11.6 Å². The number of ether oxygens (including phenoxy) is 1. The summed E-state index contributed by atoms with van der Waals surface area (Å²) in [5.74, 6) is 2.99. The van der Waals surface area contributed by atoms with E-state index >= 15 is 0 Å².